The smallest absolute Gasteiger partial charge is 0.226 e. The second-order valence-electron chi connectivity index (χ2n) is 6.37. The van der Waals surface area contributed by atoms with Crippen LogP contribution in [0, 0.1) is 6.92 Å². The van der Waals surface area contributed by atoms with E-state index in [0.29, 0.717) is 17.8 Å². The molecule has 7 nitrogen and oxygen atoms in total. The maximum absolute atomic E-state index is 5.12. The summed E-state index contributed by atoms with van der Waals surface area (Å²) < 4.78 is 6.26. The van der Waals surface area contributed by atoms with E-state index in [4.69, 9.17) is 4.52 Å². The lowest BCUT2D eigenvalue weighted by Gasteiger charge is -2.21. The minimum absolute atomic E-state index is 0.381. The number of halogens is 1. The van der Waals surface area contributed by atoms with Gasteiger partial charge in [0.05, 0.1) is 5.69 Å². The van der Waals surface area contributed by atoms with Gasteiger partial charge in [-0.25, -0.2) is 0 Å². The monoisotopic (exact) mass is 420 g/mol. The highest BCUT2D eigenvalue weighted by molar-refractivity contribution is 9.10. The third-order valence-corrected chi connectivity index (χ3v) is 5.05. The van der Waals surface area contributed by atoms with Crippen LogP contribution >= 0.6 is 15.9 Å². The topological polar surface area (TPSA) is 78.6 Å². The number of rotatable bonds is 6. The van der Waals surface area contributed by atoms with E-state index < -0.39 is 0 Å². The van der Waals surface area contributed by atoms with Crippen molar-refractivity contribution >= 4 is 27.6 Å². The summed E-state index contributed by atoms with van der Waals surface area (Å²) in [5.41, 5.74) is 1.24. The SMILES string of the molecule is CN=C(NCCCc1nc(C)no1)NC1CCN(c2ccccc2Br)C1. The highest BCUT2D eigenvalue weighted by Crippen LogP contribution is 2.28. The summed E-state index contributed by atoms with van der Waals surface area (Å²) in [5.74, 6) is 2.21. The van der Waals surface area contributed by atoms with Gasteiger partial charge in [-0.3, -0.25) is 4.99 Å². The molecule has 8 heteroatoms. The van der Waals surface area contributed by atoms with E-state index in [1.807, 2.05) is 13.0 Å². The molecule has 0 bridgehead atoms. The number of nitrogens with zero attached hydrogens (tertiary/aromatic N) is 4. The van der Waals surface area contributed by atoms with Crippen molar-refractivity contribution in [2.24, 2.45) is 4.99 Å². The van der Waals surface area contributed by atoms with E-state index in [0.717, 1.165) is 49.3 Å². The zero-order valence-electron chi connectivity index (χ0n) is 15.2. The number of aliphatic imine (C=N–C) groups is 1. The van der Waals surface area contributed by atoms with Gasteiger partial charge >= 0.3 is 0 Å². The molecule has 3 rings (SSSR count). The maximum atomic E-state index is 5.12. The molecular formula is C18H25BrN6O. The molecule has 1 unspecified atom stereocenters. The molecule has 2 heterocycles. The Hall–Kier alpha value is -2.09. The summed E-state index contributed by atoms with van der Waals surface area (Å²) in [5, 5.41) is 10.7. The molecule has 1 aromatic carbocycles. The van der Waals surface area contributed by atoms with E-state index in [2.05, 4.69) is 64.8 Å². The molecule has 26 heavy (non-hydrogen) atoms. The number of guanidine groups is 1. The molecule has 140 valence electrons. The summed E-state index contributed by atoms with van der Waals surface area (Å²) >= 11 is 3.64. The average Bonchev–Trinajstić information content (AvgIpc) is 3.27. The van der Waals surface area contributed by atoms with Gasteiger partial charge in [0, 0.05) is 43.6 Å². The number of benzene rings is 1. The van der Waals surface area contributed by atoms with Gasteiger partial charge in [-0.05, 0) is 47.8 Å². The van der Waals surface area contributed by atoms with Crippen molar-refractivity contribution in [2.75, 3.05) is 31.6 Å². The Morgan fingerprint density at radius 1 is 1.42 bits per heavy atom. The van der Waals surface area contributed by atoms with E-state index in [-0.39, 0.29) is 0 Å². The van der Waals surface area contributed by atoms with Crippen molar-refractivity contribution < 1.29 is 4.52 Å². The van der Waals surface area contributed by atoms with Crippen LogP contribution in [0.25, 0.3) is 0 Å². The normalized spacial score (nSPS) is 17.6. The van der Waals surface area contributed by atoms with Crippen molar-refractivity contribution in [2.45, 2.75) is 32.2 Å². The van der Waals surface area contributed by atoms with Crippen molar-refractivity contribution in [3.05, 3.63) is 40.5 Å². The van der Waals surface area contributed by atoms with Crippen LogP contribution in [0.5, 0.6) is 0 Å². The lowest BCUT2D eigenvalue weighted by Crippen LogP contribution is -2.44. The number of aryl methyl sites for hydroxylation is 2. The van der Waals surface area contributed by atoms with Crippen molar-refractivity contribution in [1.82, 2.24) is 20.8 Å². The minimum atomic E-state index is 0.381. The second-order valence-corrected chi connectivity index (χ2v) is 7.22. The van der Waals surface area contributed by atoms with Crippen molar-refractivity contribution in [1.29, 1.82) is 0 Å². The van der Waals surface area contributed by atoms with E-state index in [9.17, 15) is 0 Å². The molecule has 1 fully saturated rings. The second kappa shape index (κ2) is 9.02. The summed E-state index contributed by atoms with van der Waals surface area (Å²) in [6.07, 6.45) is 2.77. The molecule has 1 saturated heterocycles. The molecule has 1 aliphatic rings. The van der Waals surface area contributed by atoms with E-state index in [1.165, 1.54) is 5.69 Å². The lowest BCUT2D eigenvalue weighted by atomic mass is 10.2. The summed E-state index contributed by atoms with van der Waals surface area (Å²) in [6.45, 7) is 4.63. The van der Waals surface area contributed by atoms with E-state index >= 15 is 0 Å². The first-order valence-corrected chi connectivity index (χ1v) is 9.71. The Morgan fingerprint density at radius 3 is 3.00 bits per heavy atom. The molecular weight excluding hydrogens is 396 g/mol. The molecule has 0 amide bonds. The molecule has 0 saturated carbocycles. The number of hydrogen-bond donors (Lipinski definition) is 2. The zero-order valence-corrected chi connectivity index (χ0v) is 16.8. The van der Waals surface area contributed by atoms with Crippen molar-refractivity contribution in [3.63, 3.8) is 0 Å². The molecule has 0 spiro atoms. The fourth-order valence-corrected chi connectivity index (χ4v) is 3.62. The van der Waals surface area contributed by atoms with Crippen LogP contribution in [0.2, 0.25) is 0 Å². The molecule has 2 aromatic rings. The van der Waals surface area contributed by atoms with Gasteiger partial charge in [-0.2, -0.15) is 4.98 Å². The Balaban J connectivity index is 1.42. The Morgan fingerprint density at radius 2 is 2.27 bits per heavy atom. The molecule has 0 radical (unpaired) electrons. The molecule has 0 aliphatic carbocycles. The van der Waals surface area contributed by atoms with Gasteiger partial charge in [0.1, 0.15) is 0 Å². The van der Waals surface area contributed by atoms with Gasteiger partial charge in [0.15, 0.2) is 11.8 Å². The number of para-hydroxylation sites is 1. The first kappa shape index (κ1) is 18.7. The first-order valence-electron chi connectivity index (χ1n) is 8.91. The predicted octanol–water partition coefficient (Wildman–Crippen LogP) is 2.52. The van der Waals surface area contributed by atoms with Crippen LogP contribution in [0.15, 0.2) is 38.3 Å². The summed E-state index contributed by atoms with van der Waals surface area (Å²) in [6, 6.07) is 8.74. The first-order chi connectivity index (χ1) is 12.7. The lowest BCUT2D eigenvalue weighted by molar-refractivity contribution is 0.372. The average molecular weight is 421 g/mol. The fraction of sp³-hybridized carbons (Fsp3) is 0.500. The summed E-state index contributed by atoms with van der Waals surface area (Å²) in [7, 11) is 1.80. The van der Waals surface area contributed by atoms with Gasteiger partial charge in [-0.1, -0.05) is 17.3 Å². The van der Waals surface area contributed by atoms with Crippen LogP contribution in [0.1, 0.15) is 24.6 Å². The number of aromatic nitrogens is 2. The van der Waals surface area contributed by atoms with Crippen LogP contribution in [-0.4, -0.2) is 48.8 Å². The predicted molar refractivity (Wildman–Crippen MR) is 107 cm³/mol. The third kappa shape index (κ3) is 4.97. The van der Waals surface area contributed by atoms with Crippen LogP contribution < -0.4 is 15.5 Å². The van der Waals surface area contributed by atoms with Crippen LogP contribution in [0.4, 0.5) is 5.69 Å². The fourth-order valence-electron chi connectivity index (χ4n) is 3.08. The van der Waals surface area contributed by atoms with Crippen LogP contribution in [-0.2, 0) is 6.42 Å². The van der Waals surface area contributed by atoms with Crippen molar-refractivity contribution in [3.8, 4) is 0 Å². The van der Waals surface area contributed by atoms with Gasteiger partial charge in [-0.15, -0.1) is 0 Å². The highest BCUT2D eigenvalue weighted by atomic mass is 79.9. The van der Waals surface area contributed by atoms with Gasteiger partial charge < -0.3 is 20.1 Å². The molecule has 2 N–H and O–H groups in total. The largest absolute Gasteiger partial charge is 0.368 e. The minimum Gasteiger partial charge on any atom is -0.368 e. The quantitative estimate of drug-likeness (QED) is 0.424. The third-order valence-electron chi connectivity index (χ3n) is 4.38. The zero-order chi connectivity index (χ0) is 18.4. The molecule has 1 atom stereocenters. The summed E-state index contributed by atoms with van der Waals surface area (Å²) in [4.78, 5) is 10.9. The maximum Gasteiger partial charge on any atom is 0.226 e. The van der Waals surface area contributed by atoms with Gasteiger partial charge in [0.25, 0.3) is 0 Å². The standard InChI is InChI=1S/C18H25BrN6O/c1-13-22-17(26-24-13)8-5-10-21-18(20-2)23-14-9-11-25(12-14)16-7-4-3-6-15(16)19/h3-4,6-7,14H,5,8-12H2,1-2H3,(H2,20,21,23). The molecule has 1 aromatic heterocycles. The number of hydrogen-bond acceptors (Lipinski definition) is 5. The van der Waals surface area contributed by atoms with E-state index in [1.54, 1.807) is 7.05 Å². The molecule has 1 aliphatic heterocycles. The number of nitrogens with one attached hydrogen (secondary N) is 2. The highest BCUT2D eigenvalue weighted by Gasteiger charge is 2.24. The number of anilines is 1. The van der Waals surface area contributed by atoms with Crippen LogP contribution in [0.3, 0.4) is 0 Å². The van der Waals surface area contributed by atoms with Gasteiger partial charge in [0.2, 0.25) is 5.89 Å². The Bertz CT molecular complexity index is 747. The Kier molecular flexibility index (Phi) is 6.49. The Labute approximate surface area is 162 Å².